The average molecular weight is 144 g/mol. The van der Waals surface area contributed by atoms with Crippen LogP contribution in [0.3, 0.4) is 0 Å². The van der Waals surface area contributed by atoms with E-state index in [-0.39, 0.29) is 11.8 Å². The fraction of sp³-hybridized carbons (Fsp3) is 0.833. The molecule has 1 N–H and O–H groups in total. The van der Waals surface area contributed by atoms with E-state index in [1.54, 1.807) is 19.2 Å². The summed E-state index contributed by atoms with van der Waals surface area (Å²) in [4.78, 5) is 15.7. The zero-order valence-electron chi connectivity index (χ0n) is 6.26. The number of hydrogen-bond acceptors (Lipinski definition) is 3. The van der Waals surface area contributed by atoms with E-state index in [9.17, 15) is 4.79 Å². The molecule has 0 radical (unpaired) electrons. The zero-order chi connectivity index (χ0) is 7.56. The lowest BCUT2D eigenvalue weighted by atomic mass is 10.0. The molecule has 0 aromatic rings. The van der Waals surface area contributed by atoms with Gasteiger partial charge in [-0.3, -0.25) is 4.79 Å². The maximum Gasteiger partial charge on any atom is 0.225 e. The molecule has 0 spiro atoms. The summed E-state index contributed by atoms with van der Waals surface area (Å²) in [5, 5.41) is 4.34. The van der Waals surface area contributed by atoms with E-state index in [1.807, 2.05) is 0 Å². The van der Waals surface area contributed by atoms with Crippen LogP contribution < -0.4 is 5.32 Å². The van der Waals surface area contributed by atoms with Crippen LogP contribution in [0, 0.1) is 5.92 Å². The molecule has 0 unspecified atom stereocenters. The molecule has 4 heteroatoms. The second-order valence-corrected chi connectivity index (χ2v) is 2.34. The third kappa shape index (κ3) is 1.27. The Morgan fingerprint density at radius 3 is 2.70 bits per heavy atom. The molecule has 1 saturated heterocycles. The van der Waals surface area contributed by atoms with Crippen LogP contribution in [-0.4, -0.2) is 38.2 Å². The van der Waals surface area contributed by atoms with Crippen molar-refractivity contribution in [3.05, 3.63) is 0 Å². The van der Waals surface area contributed by atoms with Crippen LogP contribution in [0.2, 0.25) is 0 Å². The monoisotopic (exact) mass is 144 g/mol. The number of nitrogens with zero attached hydrogens (tertiary/aromatic N) is 1. The highest BCUT2D eigenvalue weighted by molar-refractivity contribution is 5.79. The van der Waals surface area contributed by atoms with Crippen LogP contribution in [-0.2, 0) is 9.63 Å². The molecule has 0 bridgehead atoms. The Morgan fingerprint density at radius 1 is 1.70 bits per heavy atom. The first kappa shape index (κ1) is 7.50. The molecule has 0 aromatic carbocycles. The van der Waals surface area contributed by atoms with E-state index in [0.29, 0.717) is 0 Å². The molecule has 4 nitrogen and oxygen atoms in total. The molecule has 10 heavy (non-hydrogen) atoms. The predicted molar refractivity (Wildman–Crippen MR) is 36.1 cm³/mol. The summed E-state index contributed by atoms with van der Waals surface area (Å²) in [6.45, 7) is 1.44. The molecule has 1 rings (SSSR count). The van der Waals surface area contributed by atoms with E-state index in [1.165, 1.54) is 0 Å². The molecule has 58 valence electrons. The maximum atomic E-state index is 10.9. The van der Waals surface area contributed by atoms with Crippen LogP contribution in [0.5, 0.6) is 0 Å². The van der Waals surface area contributed by atoms with Crippen molar-refractivity contribution in [1.29, 1.82) is 0 Å². The normalized spacial score (nSPS) is 20.2. The van der Waals surface area contributed by atoms with Gasteiger partial charge in [0.15, 0.2) is 0 Å². The Bertz CT molecular complexity index is 132. The number of rotatable bonds is 2. The fourth-order valence-corrected chi connectivity index (χ4v) is 0.957. The third-order valence-electron chi connectivity index (χ3n) is 1.72. The summed E-state index contributed by atoms with van der Waals surface area (Å²) in [6, 6.07) is 0. The van der Waals surface area contributed by atoms with Gasteiger partial charge in [-0.05, 0) is 0 Å². The molecule has 1 fully saturated rings. The summed E-state index contributed by atoms with van der Waals surface area (Å²) in [7, 11) is 3.26. The lowest BCUT2D eigenvalue weighted by molar-refractivity contribution is -0.199. The Morgan fingerprint density at radius 2 is 2.30 bits per heavy atom. The largest absolute Gasteiger partial charge is 0.359 e. The highest BCUT2D eigenvalue weighted by Crippen LogP contribution is 2.14. The topological polar surface area (TPSA) is 41.6 Å². The molecular weight excluding hydrogens is 132 g/mol. The van der Waals surface area contributed by atoms with Crippen molar-refractivity contribution in [2.24, 2.45) is 5.92 Å². The quantitative estimate of drug-likeness (QED) is 0.553. The molecule has 0 atom stereocenters. The predicted octanol–water partition coefficient (Wildman–Crippen LogP) is -0.774. The van der Waals surface area contributed by atoms with Crippen molar-refractivity contribution < 1.29 is 9.63 Å². The second kappa shape index (κ2) is 2.98. The molecule has 1 amide bonds. The van der Waals surface area contributed by atoms with Crippen molar-refractivity contribution in [3.63, 3.8) is 0 Å². The van der Waals surface area contributed by atoms with Gasteiger partial charge in [-0.1, -0.05) is 0 Å². The summed E-state index contributed by atoms with van der Waals surface area (Å²) in [5.74, 6) is 0.234. The van der Waals surface area contributed by atoms with E-state index in [0.717, 1.165) is 13.1 Å². The first-order chi connectivity index (χ1) is 4.77. The molecule has 0 aromatic heterocycles. The van der Waals surface area contributed by atoms with Gasteiger partial charge in [0.05, 0.1) is 13.0 Å². The van der Waals surface area contributed by atoms with E-state index in [4.69, 9.17) is 4.84 Å². The molecule has 0 saturated carbocycles. The Hall–Kier alpha value is -0.610. The van der Waals surface area contributed by atoms with E-state index in [2.05, 4.69) is 5.32 Å². The van der Waals surface area contributed by atoms with Crippen molar-refractivity contribution in [3.8, 4) is 0 Å². The van der Waals surface area contributed by atoms with Gasteiger partial charge >= 0.3 is 0 Å². The summed E-state index contributed by atoms with van der Waals surface area (Å²) >= 11 is 0. The Balaban J connectivity index is 2.19. The standard InChI is InChI=1S/C6H12N2O2/c1-7-6(9)5-3-8(4-5)10-2/h5H,3-4H2,1-2H3,(H,7,9). The zero-order valence-corrected chi connectivity index (χ0v) is 6.26. The van der Waals surface area contributed by atoms with Gasteiger partial charge < -0.3 is 10.2 Å². The maximum absolute atomic E-state index is 10.9. The van der Waals surface area contributed by atoms with Gasteiger partial charge in [-0.2, -0.15) is 5.06 Å². The first-order valence-corrected chi connectivity index (χ1v) is 3.28. The minimum absolute atomic E-state index is 0.105. The highest BCUT2D eigenvalue weighted by Gasteiger charge is 2.31. The number of hydroxylamine groups is 2. The van der Waals surface area contributed by atoms with Crippen LogP contribution in [0.1, 0.15) is 0 Å². The van der Waals surface area contributed by atoms with Crippen molar-refractivity contribution in [2.45, 2.75) is 0 Å². The van der Waals surface area contributed by atoms with Crippen LogP contribution in [0.25, 0.3) is 0 Å². The summed E-state index contributed by atoms with van der Waals surface area (Å²) in [6.07, 6.45) is 0. The fourth-order valence-electron chi connectivity index (χ4n) is 0.957. The second-order valence-electron chi connectivity index (χ2n) is 2.34. The van der Waals surface area contributed by atoms with E-state index >= 15 is 0 Å². The van der Waals surface area contributed by atoms with Crippen molar-refractivity contribution in [1.82, 2.24) is 10.4 Å². The van der Waals surface area contributed by atoms with E-state index < -0.39 is 0 Å². The number of nitrogens with one attached hydrogen (secondary N) is 1. The Labute approximate surface area is 60.1 Å². The van der Waals surface area contributed by atoms with Gasteiger partial charge in [0.25, 0.3) is 0 Å². The highest BCUT2D eigenvalue weighted by atomic mass is 16.7. The molecule has 1 aliphatic rings. The van der Waals surface area contributed by atoms with Crippen molar-refractivity contribution >= 4 is 5.91 Å². The van der Waals surface area contributed by atoms with Crippen LogP contribution >= 0.6 is 0 Å². The molecule has 1 aliphatic heterocycles. The van der Waals surface area contributed by atoms with Crippen LogP contribution in [0.15, 0.2) is 0 Å². The van der Waals surface area contributed by atoms with Gasteiger partial charge in [-0.25, -0.2) is 0 Å². The SMILES string of the molecule is CNC(=O)C1CN(OC)C1. The molecule has 1 heterocycles. The van der Waals surface area contributed by atoms with Gasteiger partial charge in [-0.15, -0.1) is 0 Å². The molecular formula is C6H12N2O2. The van der Waals surface area contributed by atoms with Crippen LogP contribution in [0.4, 0.5) is 0 Å². The number of amides is 1. The average Bonchev–Trinajstić information content (AvgIpc) is 1.85. The molecule has 0 aliphatic carbocycles. The first-order valence-electron chi connectivity index (χ1n) is 3.28. The summed E-state index contributed by atoms with van der Waals surface area (Å²) < 4.78 is 0. The van der Waals surface area contributed by atoms with Crippen molar-refractivity contribution in [2.75, 3.05) is 27.2 Å². The number of hydrogen-bond donors (Lipinski definition) is 1. The lowest BCUT2D eigenvalue weighted by Gasteiger charge is -2.35. The smallest absolute Gasteiger partial charge is 0.225 e. The Kier molecular flexibility index (Phi) is 2.24. The van der Waals surface area contributed by atoms with Gasteiger partial charge in [0, 0.05) is 20.1 Å². The number of carbonyl (C=O) groups excluding carboxylic acids is 1. The van der Waals surface area contributed by atoms with Gasteiger partial charge in [0.1, 0.15) is 0 Å². The number of carbonyl (C=O) groups is 1. The lowest BCUT2D eigenvalue weighted by Crippen LogP contribution is -2.52. The minimum atomic E-state index is 0.105. The van der Waals surface area contributed by atoms with Gasteiger partial charge in [0.2, 0.25) is 5.91 Å². The third-order valence-corrected chi connectivity index (χ3v) is 1.72. The summed E-state index contributed by atoms with van der Waals surface area (Å²) in [5.41, 5.74) is 0. The minimum Gasteiger partial charge on any atom is -0.359 e.